The van der Waals surface area contributed by atoms with E-state index in [1.807, 2.05) is 6.92 Å². The van der Waals surface area contributed by atoms with Crippen LogP contribution in [0.4, 0.5) is 0 Å². The van der Waals surface area contributed by atoms with Gasteiger partial charge < -0.3 is 9.64 Å². The summed E-state index contributed by atoms with van der Waals surface area (Å²) in [7, 11) is 1.30. The smallest absolute Gasteiger partial charge is 0.340 e. The molecule has 0 spiro atoms. The maximum absolute atomic E-state index is 12.8. The minimum atomic E-state index is -0.538. The van der Waals surface area contributed by atoms with Gasteiger partial charge in [-0.15, -0.1) is 0 Å². The predicted molar refractivity (Wildman–Crippen MR) is 95.8 cm³/mol. The van der Waals surface area contributed by atoms with Crippen LogP contribution in [0.5, 0.6) is 0 Å². The summed E-state index contributed by atoms with van der Waals surface area (Å²) >= 11 is 12.2. The molecule has 1 heterocycles. The third-order valence-corrected chi connectivity index (χ3v) is 4.75. The van der Waals surface area contributed by atoms with Crippen LogP contribution in [0, 0.1) is 0 Å². The SMILES string of the molecule is CCCCN1C(=O)/C(=C\c2cccc(Cl)c2Cl)C(C(=O)OC)=C1C. The van der Waals surface area contributed by atoms with Gasteiger partial charge in [0.1, 0.15) is 0 Å². The largest absolute Gasteiger partial charge is 0.465 e. The summed E-state index contributed by atoms with van der Waals surface area (Å²) in [5, 5.41) is 0.730. The van der Waals surface area contributed by atoms with Crippen LogP contribution in [0.3, 0.4) is 0 Å². The van der Waals surface area contributed by atoms with E-state index in [4.69, 9.17) is 27.9 Å². The van der Waals surface area contributed by atoms with Crippen LogP contribution in [0.15, 0.2) is 35.0 Å². The van der Waals surface area contributed by atoms with Crippen molar-refractivity contribution in [1.29, 1.82) is 0 Å². The third kappa shape index (κ3) is 3.50. The van der Waals surface area contributed by atoms with Crippen molar-refractivity contribution in [3.05, 3.63) is 50.7 Å². The fourth-order valence-corrected chi connectivity index (χ4v) is 2.96. The molecule has 0 N–H and O–H groups in total. The first-order chi connectivity index (χ1) is 11.4. The van der Waals surface area contributed by atoms with E-state index < -0.39 is 5.97 Å². The highest BCUT2D eigenvalue weighted by Gasteiger charge is 2.36. The van der Waals surface area contributed by atoms with Gasteiger partial charge in [0, 0.05) is 12.2 Å². The van der Waals surface area contributed by atoms with Gasteiger partial charge in [-0.3, -0.25) is 4.79 Å². The molecule has 24 heavy (non-hydrogen) atoms. The van der Waals surface area contributed by atoms with Crippen LogP contribution in [0.25, 0.3) is 6.08 Å². The van der Waals surface area contributed by atoms with Gasteiger partial charge in [0.2, 0.25) is 0 Å². The summed E-state index contributed by atoms with van der Waals surface area (Å²) in [5.74, 6) is -0.762. The van der Waals surface area contributed by atoms with E-state index >= 15 is 0 Å². The normalized spacial score (nSPS) is 16.3. The van der Waals surface area contributed by atoms with E-state index in [1.165, 1.54) is 7.11 Å². The van der Waals surface area contributed by atoms with Gasteiger partial charge in [0.15, 0.2) is 0 Å². The maximum atomic E-state index is 12.8. The zero-order valence-electron chi connectivity index (χ0n) is 13.9. The molecule has 2 rings (SSSR count). The summed E-state index contributed by atoms with van der Waals surface area (Å²) in [6.07, 6.45) is 3.39. The second-order valence-electron chi connectivity index (χ2n) is 5.46. The van der Waals surface area contributed by atoms with Crippen LogP contribution in [-0.4, -0.2) is 30.4 Å². The molecule has 0 saturated carbocycles. The molecule has 0 bridgehead atoms. The van der Waals surface area contributed by atoms with Crippen LogP contribution in [-0.2, 0) is 14.3 Å². The average Bonchev–Trinajstić information content (AvgIpc) is 2.80. The predicted octanol–water partition coefficient (Wildman–Crippen LogP) is 4.47. The number of hydrogen-bond donors (Lipinski definition) is 0. The Labute approximate surface area is 151 Å². The van der Waals surface area contributed by atoms with Crippen LogP contribution in [0.1, 0.15) is 32.3 Å². The number of unbranched alkanes of at least 4 members (excludes halogenated alkanes) is 1. The number of hydrogen-bond acceptors (Lipinski definition) is 3. The Bertz CT molecular complexity index is 738. The quantitative estimate of drug-likeness (QED) is 0.569. The summed E-state index contributed by atoms with van der Waals surface area (Å²) < 4.78 is 4.85. The van der Waals surface area contributed by atoms with Gasteiger partial charge >= 0.3 is 5.97 Å². The van der Waals surface area contributed by atoms with Crippen molar-refractivity contribution in [2.75, 3.05) is 13.7 Å². The zero-order valence-corrected chi connectivity index (χ0v) is 15.4. The van der Waals surface area contributed by atoms with E-state index in [0.717, 1.165) is 12.8 Å². The Hall–Kier alpha value is -1.78. The minimum Gasteiger partial charge on any atom is -0.465 e. The monoisotopic (exact) mass is 367 g/mol. The molecule has 1 amide bonds. The molecule has 1 aromatic carbocycles. The van der Waals surface area contributed by atoms with Gasteiger partial charge in [-0.2, -0.15) is 0 Å². The number of esters is 1. The molecule has 1 aliphatic rings. The van der Waals surface area contributed by atoms with Gasteiger partial charge in [0.25, 0.3) is 5.91 Å². The molecule has 0 radical (unpaired) electrons. The van der Waals surface area contributed by atoms with Crippen molar-refractivity contribution in [2.24, 2.45) is 0 Å². The van der Waals surface area contributed by atoms with Crippen molar-refractivity contribution in [3.8, 4) is 0 Å². The fraction of sp³-hybridized carbons (Fsp3) is 0.333. The third-order valence-electron chi connectivity index (χ3n) is 3.92. The molecule has 6 heteroatoms. The maximum Gasteiger partial charge on any atom is 0.340 e. The average molecular weight is 368 g/mol. The highest BCUT2D eigenvalue weighted by molar-refractivity contribution is 6.43. The van der Waals surface area contributed by atoms with Gasteiger partial charge in [-0.1, -0.05) is 48.7 Å². The highest BCUT2D eigenvalue weighted by Crippen LogP contribution is 2.34. The minimum absolute atomic E-state index is 0.225. The molecule has 0 unspecified atom stereocenters. The molecule has 0 saturated heterocycles. The van der Waals surface area contributed by atoms with Crippen molar-refractivity contribution < 1.29 is 14.3 Å². The van der Waals surface area contributed by atoms with Crippen molar-refractivity contribution in [3.63, 3.8) is 0 Å². The Balaban J connectivity index is 2.54. The number of nitrogens with zero attached hydrogens (tertiary/aromatic N) is 1. The van der Waals surface area contributed by atoms with Gasteiger partial charge in [0.05, 0.1) is 28.3 Å². The number of rotatable bonds is 5. The van der Waals surface area contributed by atoms with Crippen LogP contribution < -0.4 is 0 Å². The standard InChI is InChI=1S/C18H19Cl2NO3/c1-4-5-9-21-11(2)15(18(23)24-3)13(17(21)22)10-12-7-6-8-14(19)16(12)20/h6-8,10H,4-5,9H2,1-3H3/b13-10-. The molecule has 0 fully saturated rings. The second-order valence-corrected chi connectivity index (χ2v) is 6.25. The van der Waals surface area contributed by atoms with Crippen molar-refractivity contribution in [1.82, 2.24) is 4.90 Å². The lowest BCUT2D eigenvalue weighted by atomic mass is 10.0. The number of halogens is 2. The lowest BCUT2D eigenvalue weighted by Gasteiger charge is -2.17. The molecule has 1 aliphatic heterocycles. The lowest BCUT2D eigenvalue weighted by Crippen LogP contribution is -2.26. The number of carbonyl (C=O) groups excluding carboxylic acids is 2. The Morgan fingerprint density at radius 2 is 2.04 bits per heavy atom. The first-order valence-electron chi connectivity index (χ1n) is 7.69. The Morgan fingerprint density at radius 3 is 2.67 bits per heavy atom. The summed E-state index contributed by atoms with van der Waals surface area (Å²) in [5.41, 5.74) is 1.73. The van der Waals surface area contributed by atoms with E-state index in [0.29, 0.717) is 27.9 Å². The number of ether oxygens (including phenoxy) is 1. The number of amides is 1. The number of methoxy groups -OCH3 is 1. The molecule has 1 aromatic rings. The van der Waals surface area contributed by atoms with Gasteiger partial charge in [-0.05, 0) is 31.1 Å². The summed E-state index contributed by atoms with van der Waals surface area (Å²) in [6.45, 7) is 4.35. The van der Waals surface area contributed by atoms with E-state index in [9.17, 15) is 9.59 Å². The molecular formula is C18H19Cl2NO3. The van der Waals surface area contributed by atoms with Crippen LogP contribution in [0.2, 0.25) is 10.0 Å². The van der Waals surface area contributed by atoms with Crippen LogP contribution >= 0.6 is 23.2 Å². The first-order valence-corrected chi connectivity index (χ1v) is 8.45. The summed E-state index contributed by atoms with van der Waals surface area (Å²) in [4.78, 5) is 26.6. The number of carbonyl (C=O) groups is 2. The van der Waals surface area contributed by atoms with Gasteiger partial charge in [-0.25, -0.2) is 4.79 Å². The lowest BCUT2D eigenvalue weighted by molar-refractivity contribution is -0.136. The topological polar surface area (TPSA) is 46.6 Å². The fourth-order valence-electron chi connectivity index (χ4n) is 2.60. The van der Waals surface area contributed by atoms with Crippen molar-refractivity contribution >= 4 is 41.2 Å². The molecule has 0 atom stereocenters. The Kier molecular flexibility index (Phi) is 6.08. The van der Waals surface area contributed by atoms with E-state index in [-0.39, 0.29) is 17.1 Å². The molecule has 128 valence electrons. The number of benzene rings is 1. The zero-order chi connectivity index (χ0) is 17.9. The Morgan fingerprint density at radius 1 is 1.33 bits per heavy atom. The molecular weight excluding hydrogens is 349 g/mol. The molecule has 0 aliphatic carbocycles. The summed E-state index contributed by atoms with van der Waals surface area (Å²) in [6, 6.07) is 5.15. The van der Waals surface area contributed by atoms with Crippen molar-refractivity contribution in [2.45, 2.75) is 26.7 Å². The number of allylic oxidation sites excluding steroid dienone is 1. The second kappa shape index (κ2) is 7.86. The van der Waals surface area contributed by atoms with E-state index in [1.54, 1.807) is 36.1 Å². The highest BCUT2D eigenvalue weighted by atomic mass is 35.5. The molecule has 0 aromatic heterocycles. The first kappa shape index (κ1) is 18.6. The van der Waals surface area contributed by atoms with E-state index in [2.05, 4.69) is 0 Å². The molecule has 4 nitrogen and oxygen atoms in total.